The van der Waals surface area contributed by atoms with E-state index in [1.54, 1.807) is 11.8 Å². The maximum atomic E-state index is 12.0. The molecule has 136 valence electrons. The molecular weight excluding hydrogens is 348 g/mol. The summed E-state index contributed by atoms with van der Waals surface area (Å²) in [5, 5.41) is 5.76. The number of aryl methyl sites for hydroxylation is 1. The number of carbonyl (C=O) groups excluding carboxylic acids is 2. The van der Waals surface area contributed by atoms with Crippen molar-refractivity contribution < 1.29 is 14.3 Å². The number of hydrogen-bond acceptors (Lipinski definition) is 4. The summed E-state index contributed by atoms with van der Waals surface area (Å²) in [4.78, 5) is 24.5. The number of fused-ring (bicyclic) bond motifs is 1. The van der Waals surface area contributed by atoms with E-state index >= 15 is 0 Å². The van der Waals surface area contributed by atoms with Crippen molar-refractivity contribution in [1.29, 1.82) is 0 Å². The van der Waals surface area contributed by atoms with Crippen LogP contribution in [0.3, 0.4) is 0 Å². The van der Waals surface area contributed by atoms with Crippen molar-refractivity contribution >= 4 is 35.0 Å². The van der Waals surface area contributed by atoms with Crippen molar-refractivity contribution in [2.75, 3.05) is 23.5 Å². The Morgan fingerprint density at radius 1 is 1.23 bits per heavy atom. The number of nitrogens with one attached hydrogen (secondary N) is 2. The number of benzene rings is 2. The minimum atomic E-state index is -0.0139. The van der Waals surface area contributed by atoms with Gasteiger partial charge in [0.25, 0.3) is 0 Å². The largest absolute Gasteiger partial charge is 0.494 e. The zero-order valence-corrected chi connectivity index (χ0v) is 15.5. The van der Waals surface area contributed by atoms with Crippen LogP contribution in [0.25, 0.3) is 0 Å². The molecule has 0 fully saturated rings. The molecule has 1 aliphatic rings. The monoisotopic (exact) mass is 370 g/mol. The summed E-state index contributed by atoms with van der Waals surface area (Å²) in [6, 6.07) is 13.5. The van der Waals surface area contributed by atoms with E-state index in [1.165, 1.54) is 0 Å². The van der Waals surface area contributed by atoms with Crippen LogP contribution in [0.15, 0.2) is 47.4 Å². The fraction of sp³-hybridized carbons (Fsp3) is 0.300. The molecule has 0 saturated heterocycles. The molecule has 0 bridgehead atoms. The van der Waals surface area contributed by atoms with Crippen LogP contribution in [0.1, 0.15) is 24.8 Å². The number of hydrogen-bond donors (Lipinski definition) is 2. The molecule has 5 nitrogen and oxygen atoms in total. The third-order valence-electron chi connectivity index (χ3n) is 4.14. The molecule has 2 aromatic carbocycles. The van der Waals surface area contributed by atoms with Crippen LogP contribution >= 0.6 is 11.8 Å². The summed E-state index contributed by atoms with van der Waals surface area (Å²) in [7, 11) is 0. The second kappa shape index (κ2) is 8.76. The average molecular weight is 370 g/mol. The van der Waals surface area contributed by atoms with Crippen molar-refractivity contribution in [3.05, 3.63) is 48.0 Å². The minimum Gasteiger partial charge on any atom is -0.494 e. The lowest BCUT2D eigenvalue weighted by Crippen LogP contribution is -2.18. The van der Waals surface area contributed by atoms with Gasteiger partial charge in [0.15, 0.2) is 0 Å². The normalized spacial score (nSPS) is 12.9. The van der Waals surface area contributed by atoms with Gasteiger partial charge >= 0.3 is 0 Å². The minimum absolute atomic E-state index is 0.0139. The van der Waals surface area contributed by atoms with Crippen LogP contribution in [-0.2, 0) is 16.0 Å². The lowest BCUT2D eigenvalue weighted by molar-refractivity contribution is -0.117. The maximum absolute atomic E-state index is 12.0. The molecule has 1 heterocycles. The number of amides is 2. The first kappa shape index (κ1) is 18.3. The summed E-state index contributed by atoms with van der Waals surface area (Å²) in [5.41, 5.74) is 2.77. The Labute approximate surface area is 157 Å². The summed E-state index contributed by atoms with van der Waals surface area (Å²) in [6.07, 6.45) is 4.30. The Morgan fingerprint density at radius 3 is 2.96 bits per heavy atom. The Hall–Kier alpha value is -2.47. The van der Waals surface area contributed by atoms with Crippen LogP contribution in [0.4, 0.5) is 11.4 Å². The summed E-state index contributed by atoms with van der Waals surface area (Å²) in [5.74, 6) is 0.813. The predicted octanol–water partition coefficient (Wildman–Crippen LogP) is 4.09. The Morgan fingerprint density at radius 2 is 2.12 bits per heavy atom. The molecule has 0 radical (unpaired) electrons. The van der Waals surface area contributed by atoms with E-state index in [1.807, 2.05) is 48.7 Å². The van der Waals surface area contributed by atoms with Crippen molar-refractivity contribution in [2.24, 2.45) is 0 Å². The molecule has 26 heavy (non-hydrogen) atoms. The van der Waals surface area contributed by atoms with Crippen LogP contribution < -0.4 is 15.4 Å². The average Bonchev–Trinajstić information content (AvgIpc) is 2.65. The smallest absolute Gasteiger partial charge is 0.224 e. The molecule has 0 spiro atoms. The van der Waals surface area contributed by atoms with Gasteiger partial charge in [-0.1, -0.05) is 6.07 Å². The molecule has 0 aliphatic carbocycles. The van der Waals surface area contributed by atoms with E-state index in [9.17, 15) is 9.59 Å². The number of thioether (sulfide) groups is 1. The van der Waals surface area contributed by atoms with Crippen molar-refractivity contribution in [3.8, 4) is 5.75 Å². The highest BCUT2D eigenvalue weighted by Gasteiger charge is 2.15. The standard InChI is InChI=1S/C20H22N2O3S/c1-26-17-5-2-4-15(13-17)21-19(23)6-3-11-25-16-8-9-18-14(12-16)7-10-20(24)22-18/h2,4-5,8-9,12-13H,3,6-7,10-11H2,1H3,(H,21,23)(H,22,24). The third kappa shape index (κ3) is 5.02. The highest BCUT2D eigenvalue weighted by Crippen LogP contribution is 2.27. The van der Waals surface area contributed by atoms with Gasteiger partial charge < -0.3 is 15.4 Å². The summed E-state index contributed by atoms with van der Waals surface area (Å²) >= 11 is 1.64. The van der Waals surface area contributed by atoms with Crippen molar-refractivity contribution in [3.63, 3.8) is 0 Å². The Bertz CT molecular complexity index is 807. The molecule has 1 aliphatic heterocycles. The van der Waals surface area contributed by atoms with Crippen molar-refractivity contribution in [2.45, 2.75) is 30.6 Å². The highest BCUT2D eigenvalue weighted by molar-refractivity contribution is 7.98. The van der Waals surface area contributed by atoms with Crippen molar-refractivity contribution in [1.82, 2.24) is 0 Å². The fourth-order valence-electron chi connectivity index (χ4n) is 2.80. The fourth-order valence-corrected chi connectivity index (χ4v) is 3.26. The molecule has 0 atom stereocenters. The quantitative estimate of drug-likeness (QED) is 0.569. The molecule has 3 rings (SSSR count). The van der Waals surface area contributed by atoms with E-state index in [0.29, 0.717) is 25.9 Å². The Kier molecular flexibility index (Phi) is 6.17. The van der Waals surface area contributed by atoms with Gasteiger partial charge in [-0.25, -0.2) is 0 Å². The molecule has 0 saturated carbocycles. The number of carbonyl (C=O) groups is 2. The van der Waals surface area contributed by atoms with E-state index in [4.69, 9.17) is 4.74 Å². The third-order valence-corrected chi connectivity index (χ3v) is 4.87. The van der Waals surface area contributed by atoms with E-state index in [2.05, 4.69) is 10.6 Å². The first-order chi connectivity index (χ1) is 12.6. The number of rotatable bonds is 7. The van der Waals surface area contributed by atoms with Gasteiger partial charge in [0.1, 0.15) is 5.75 Å². The van der Waals surface area contributed by atoms with Crippen LogP contribution in [0.5, 0.6) is 5.75 Å². The molecule has 0 unspecified atom stereocenters. The summed E-state index contributed by atoms with van der Waals surface area (Å²) < 4.78 is 5.74. The SMILES string of the molecule is CSc1cccc(NC(=O)CCCOc2ccc3c(c2)CCC(=O)N3)c1. The Balaban J connectivity index is 1.42. The van der Waals surface area contributed by atoms with Gasteiger partial charge in [0, 0.05) is 29.1 Å². The lowest BCUT2D eigenvalue weighted by Gasteiger charge is -2.17. The molecule has 0 aromatic heterocycles. The molecule has 2 aromatic rings. The molecular formula is C20H22N2O3S. The van der Waals surface area contributed by atoms with Gasteiger partial charge in [0.05, 0.1) is 6.61 Å². The molecule has 2 N–H and O–H groups in total. The van der Waals surface area contributed by atoms with Gasteiger partial charge in [-0.2, -0.15) is 0 Å². The second-order valence-corrected chi connectivity index (χ2v) is 6.98. The number of anilines is 2. The maximum Gasteiger partial charge on any atom is 0.224 e. The van der Waals surface area contributed by atoms with E-state index in [-0.39, 0.29) is 11.8 Å². The van der Waals surface area contributed by atoms with E-state index in [0.717, 1.165) is 34.0 Å². The molecule has 2 amide bonds. The van der Waals surface area contributed by atoms with Gasteiger partial charge in [-0.05, 0) is 61.1 Å². The topological polar surface area (TPSA) is 67.4 Å². The van der Waals surface area contributed by atoms with Crippen LogP contribution in [-0.4, -0.2) is 24.7 Å². The number of ether oxygens (including phenoxy) is 1. The highest BCUT2D eigenvalue weighted by atomic mass is 32.2. The van der Waals surface area contributed by atoms with Gasteiger partial charge in [0.2, 0.25) is 11.8 Å². The lowest BCUT2D eigenvalue weighted by atomic mass is 10.0. The first-order valence-corrected chi connectivity index (χ1v) is 9.86. The molecule has 6 heteroatoms. The summed E-state index contributed by atoms with van der Waals surface area (Å²) in [6.45, 7) is 0.476. The van der Waals surface area contributed by atoms with Gasteiger partial charge in [-0.3, -0.25) is 9.59 Å². The first-order valence-electron chi connectivity index (χ1n) is 8.63. The predicted molar refractivity (Wildman–Crippen MR) is 105 cm³/mol. The van der Waals surface area contributed by atoms with Crippen LogP contribution in [0, 0.1) is 0 Å². The zero-order valence-electron chi connectivity index (χ0n) is 14.7. The van der Waals surface area contributed by atoms with Crippen LogP contribution in [0.2, 0.25) is 0 Å². The second-order valence-electron chi connectivity index (χ2n) is 6.10. The van der Waals surface area contributed by atoms with E-state index < -0.39 is 0 Å². The zero-order chi connectivity index (χ0) is 18.4. The van der Waals surface area contributed by atoms with Gasteiger partial charge in [-0.15, -0.1) is 11.8 Å².